The van der Waals surface area contributed by atoms with Crippen LogP contribution < -0.4 is 20.1 Å². The first-order valence-electron chi connectivity index (χ1n) is 8.13. The fourth-order valence-electron chi connectivity index (χ4n) is 3.29. The molecule has 0 bridgehead atoms. The Hall–Kier alpha value is -2.91. The second-order valence-corrected chi connectivity index (χ2v) is 6.63. The number of benzene rings is 1. The predicted molar refractivity (Wildman–Crippen MR) is 94.3 cm³/mol. The summed E-state index contributed by atoms with van der Waals surface area (Å²) in [5.74, 6) is 0.916. The van der Waals surface area contributed by atoms with Crippen molar-refractivity contribution in [2.24, 2.45) is 0 Å². The van der Waals surface area contributed by atoms with Gasteiger partial charge in [0.1, 0.15) is 29.7 Å². The summed E-state index contributed by atoms with van der Waals surface area (Å²) in [7, 11) is 1.59. The molecule has 2 aliphatic rings. The predicted octanol–water partition coefficient (Wildman–Crippen LogP) is 1.03. The summed E-state index contributed by atoms with van der Waals surface area (Å²) < 4.78 is 11.0. The lowest BCUT2D eigenvalue weighted by Gasteiger charge is -2.35. The van der Waals surface area contributed by atoms with Crippen LogP contribution in [-0.4, -0.2) is 47.2 Å². The number of fused-ring (bicyclic) bond motifs is 1. The SMILES string of the molecule is COc1ccc2c(c1)OCN(C[C@@]1(c3cncnc3Cl)NC(=O)NC1=O)C2. The molecule has 9 nitrogen and oxygen atoms in total. The van der Waals surface area contributed by atoms with Gasteiger partial charge in [-0.25, -0.2) is 14.8 Å². The Labute approximate surface area is 159 Å². The average molecular weight is 390 g/mol. The van der Waals surface area contributed by atoms with Gasteiger partial charge in [-0.3, -0.25) is 15.0 Å². The van der Waals surface area contributed by atoms with Crippen LogP contribution in [0.25, 0.3) is 0 Å². The Morgan fingerprint density at radius 3 is 2.96 bits per heavy atom. The number of carbonyl (C=O) groups excluding carboxylic acids is 2. The minimum Gasteiger partial charge on any atom is -0.497 e. The summed E-state index contributed by atoms with van der Waals surface area (Å²) in [5, 5.41) is 5.05. The van der Waals surface area contributed by atoms with Gasteiger partial charge in [-0.15, -0.1) is 0 Å². The van der Waals surface area contributed by atoms with Gasteiger partial charge >= 0.3 is 6.03 Å². The Morgan fingerprint density at radius 1 is 1.41 bits per heavy atom. The third kappa shape index (κ3) is 3.04. The van der Waals surface area contributed by atoms with E-state index >= 15 is 0 Å². The molecule has 2 aromatic rings. The van der Waals surface area contributed by atoms with Gasteiger partial charge in [0.2, 0.25) is 0 Å². The second kappa shape index (κ2) is 6.67. The maximum atomic E-state index is 12.7. The number of aromatic nitrogens is 2. The molecule has 2 aliphatic heterocycles. The number of hydrogen-bond donors (Lipinski definition) is 2. The van der Waals surface area contributed by atoms with Gasteiger partial charge in [0.25, 0.3) is 5.91 Å². The van der Waals surface area contributed by atoms with Crippen molar-refractivity contribution in [1.29, 1.82) is 0 Å². The molecular formula is C17H16ClN5O4. The van der Waals surface area contributed by atoms with Crippen LogP contribution in [-0.2, 0) is 16.9 Å². The Balaban J connectivity index is 1.65. The topological polar surface area (TPSA) is 106 Å². The lowest BCUT2D eigenvalue weighted by atomic mass is 9.91. The van der Waals surface area contributed by atoms with E-state index in [2.05, 4.69) is 20.6 Å². The quantitative estimate of drug-likeness (QED) is 0.594. The smallest absolute Gasteiger partial charge is 0.322 e. The van der Waals surface area contributed by atoms with E-state index in [0.29, 0.717) is 17.9 Å². The lowest BCUT2D eigenvalue weighted by molar-refractivity contribution is -0.125. The normalized spacial score (nSPS) is 21.9. The number of rotatable bonds is 4. The molecule has 1 atom stereocenters. The van der Waals surface area contributed by atoms with E-state index in [0.717, 1.165) is 11.3 Å². The highest BCUT2D eigenvalue weighted by molar-refractivity contribution is 6.30. The Bertz CT molecular complexity index is 924. The summed E-state index contributed by atoms with van der Waals surface area (Å²) >= 11 is 6.19. The van der Waals surface area contributed by atoms with Crippen molar-refractivity contribution >= 4 is 23.5 Å². The zero-order valence-corrected chi connectivity index (χ0v) is 15.1. The number of hydrogen-bond acceptors (Lipinski definition) is 7. The van der Waals surface area contributed by atoms with Crippen LogP contribution >= 0.6 is 11.6 Å². The number of halogens is 1. The number of ether oxygens (including phenoxy) is 2. The van der Waals surface area contributed by atoms with Crippen LogP contribution in [0, 0.1) is 0 Å². The molecular weight excluding hydrogens is 374 g/mol. The van der Waals surface area contributed by atoms with Crippen molar-refractivity contribution in [2.75, 3.05) is 20.4 Å². The molecule has 0 saturated carbocycles. The monoisotopic (exact) mass is 389 g/mol. The molecule has 0 spiro atoms. The Kier molecular flexibility index (Phi) is 4.33. The van der Waals surface area contributed by atoms with Crippen molar-refractivity contribution < 1.29 is 19.1 Å². The van der Waals surface area contributed by atoms with Crippen LogP contribution in [0.2, 0.25) is 5.15 Å². The molecule has 3 heterocycles. The second-order valence-electron chi connectivity index (χ2n) is 6.27. The standard InChI is InChI=1S/C17H16ClN5O4/c1-26-11-3-2-10-6-23(9-27-13(10)4-11)7-17(15(24)21-16(25)22-17)12-5-19-8-20-14(12)18/h2-5,8H,6-7,9H2,1H3,(H2,21,22,24,25)/t17-/m0/s1. The van der Waals surface area contributed by atoms with Crippen molar-refractivity contribution in [3.8, 4) is 11.5 Å². The number of urea groups is 1. The van der Waals surface area contributed by atoms with Crippen LogP contribution in [0.3, 0.4) is 0 Å². The van der Waals surface area contributed by atoms with Gasteiger partial charge in [0, 0.05) is 36.5 Å². The first-order valence-corrected chi connectivity index (χ1v) is 8.51. The van der Waals surface area contributed by atoms with Crippen LogP contribution in [0.15, 0.2) is 30.7 Å². The van der Waals surface area contributed by atoms with E-state index < -0.39 is 17.5 Å². The highest BCUT2D eigenvalue weighted by atomic mass is 35.5. The summed E-state index contributed by atoms with van der Waals surface area (Å²) in [5.41, 5.74) is -0.129. The average Bonchev–Trinajstić information content (AvgIpc) is 2.95. The zero-order chi connectivity index (χ0) is 19.0. The third-order valence-corrected chi connectivity index (χ3v) is 4.90. The number of imide groups is 1. The molecule has 10 heteroatoms. The summed E-state index contributed by atoms with van der Waals surface area (Å²) in [6.45, 7) is 0.898. The van der Waals surface area contributed by atoms with E-state index in [1.165, 1.54) is 12.5 Å². The summed E-state index contributed by atoms with van der Waals surface area (Å²) in [4.78, 5) is 34.3. The first-order chi connectivity index (χ1) is 13.0. The number of amides is 3. The number of nitrogens with zero attached hydrogens (tertiary/aromatic N) is 3. The third-order valence-electron chi connectivity index (χ3n) is 4.60. The van der Waals surface area contributed by atoms with Gasteiger partial charge in [0.05, 0.1) is 7.11 Å². The van der Waals surface area contributed by atoms with Crippen molar-refractivity contribution in [1.82, 2.24) is 25.5 Å². The minimum atomic E-state index is -1.40. The van der Waals surface area contributed by atoms with Gasteiger partial charge in [0.15, 0.2) is 5.54 Å². The van der Waals surface area contributed by atoms with Crippen molar-refractivity contribution in [2.45, 2.75) is 12.1 Å². The van der Waals surface area contributed by atoms with Crippen LogP contribution in [0.1, 0.15) is 11.1 Å². The largest absolute Gasteiger partial charge is 0.497 e. The van der Waals surface area contributed by atoms with E-state index in [1.54, 1.807) is 7.11 Å². The fraction of sp³-hybridized carbons (Fsp3) is 0.294. The molecule has 140 valence electrons. The van der Waals surface area contributed by atoms with Crippen LogP contribution in [0.4, 0.5) is 4.79 Å². The molecule has 1 aromatic heterocycles. The summed E-state index contributed by atoms with van der Waals surface area (Å²) in [6.07, 6.45) is 2.71. The van der Waals surface area contributed by atoms with Gasteiger partial charge < -0.3 is 14.8 Å². The van der Waals surface area contributed by atoms with Gasteiger partial charge in [-0.05, 0) is 6.07 Å². The minimum absolute atomic E-state index is 0.102. The van der Waals surface area contributed by atoms with Gasteiger partial charge in [-0.2, -0.15) is 0 Å². The number of methoxy groups -OCH3 is 1. The number of nitrogens with one attached hydrogen (secondary N) is 2. The molecule has 1 fully saturated rings. The van der Waals surface area contributed by atoms with Crippen molar-refractivity contribution in [3.05, 3.63) is 47.0 Å². The van der Waals surface area contributed by atoms with Crippen molar-refractivity contribution in [3.63, 3.8) is 0 Å². The molecule has 2 N–H and O–H groups in total. The number of carbonyl (C=O) groups is 2. The van der Waals surface area contributed by atoms with E-state index in [-0.39, 0.29) is 18.4 Å². The fourth-order valence-corrected chi connectivity index (χ4v) is 3.54. The molecule has 1 saturated heterocycles. The first kappa shape index (κ1) is 17.5. The molecule has 0 aliphatic carbocycles. The molecule has 4 rings (SSSR count). The molecule has 1 aromatic carbocycles. The zero-order valence-electron chi connectivity index (χ0n) is 14.4. The van der Waals surface area contributed by atoms with Crippen LogP contribution in [0.5, 0.6) is 11.5 Å². The lowest BCUT2D eigenvalue weighted by Crippen LogP contribution is -2.54. The maximum absolute atomic E-state index is 12.7. The maximum Gasteiger partial charge on any atom is 0.322 e. The Morgan fingerprint density at radius 2 is 2.26 bits per heavy atom. The van der Waals surface area contributed by atoms with E-state index in [9.17, 15) is 9.59 Å². The highest BCUT2D eigenvalue weighted by Gasteiger charge is 2.50. The van der Waals surface area contributed by atoms with Gasteiger partial charge in [-0.1, -0.05) is 17.7 Å². The van der Waals surface area contributed by atoms with E-state index in [4.69, 9.17) is 21.1 Å². The van der Waals surface area contributed by atoms with E-state index in [1.807, 2.05) is 23.1 Å². The molecule has 0 unspecified atom stereocenters. The molecule has 3 amide bonds. The molecule has 27 heavy (non-hydrogen) atoms. The summed E-state index contributed by atoms with van der Waals surface area (Å²) in [6, 6.07) is 4.96. The molecule has 0 radical (unpaired) electrons. The highest BCUT2D eigenvalue weighted by Crippen LogP contribution is 2.34.